The van der Waals surface area contributed by atoms with E-state index in [9.17, 15) is 4.79 Å². The Labute approximate surface area is 178 Å². The third-order valence-electron chi connectivity index (χ3n) is 5.81. The molecule has 2 aromatic carbocycles. The minimum atomic E-state index is -0.0600. The summed E-state index contributed by atoms with van der Waals surface area (Å²) in [4.78, 5) is 25.7. The van der Waals surface area contributed by atoms with E-state index in [1.807, 2.05) is 23.2 Å². The molecular weight excluding hydrogens is 374 g/mol. The van der Waals surface area contributed by atoms with Crippen molar-refractivity contribution >= 4 is 18.1 Å². The zero-order valence-corrected chi connectivity index (χ0v) is 17.4. The van der Waals surface area contributed by atoms with Gasteiger partial charge in [-0.1, -0.05) is 67.6 Å². The molecule has 6 nitrogen and oxygen atoms in total. The molecule has 4 rings (SSSR count). The lowest BCUT2D eigenvalue weighted by Crippen LogP contribution is -2.48. The molecule has 2 heterocycles. The minimum absolute atomic E-state index is 0.0570. The molecule has 6 heteroatoms. The summed E-state index contributed by atoms with van der Waals surface area (Å²) < 4.78 is 0. The van der Waals surface area contributed by atoms with Crippen molar-refractivity contribution in [3.63, 3.8) is 0 Å². The number of rotatable bonds is 8. The maximum atomic E-state index is 12.5. The number of nitrogens with zero attached hydrogens (tertiary/aromatic N) is 4. The smallest absolute Gasteiger partial charge is 0.301 e. The molecule has 1 N–H and O–H groups in total. The molecule has 0 spiro atoms. The van der Waals surface area contributed by atoms with Gasteiger partial charge in [0.25, 0.3) is 0 Å². The molecule has 156 valence electrons. The number of hydrogen-bond acceptors (Lipinski definition) is 4. The number of amidine groups is 1. The highest BCUT2D eigenvalue weighted by Gasteiger charge is 2.34. The molecular formula is C24H29N5O. The third-order valence-corrected chi connectivity index (χ3v) is 5.81. The number of hydrogen-bond donors (Lipinski definition) is 1. The van der Waals surface area contributed by atoms with Gasteiger partial charge in [-0.2, -0.15) is 0 Å². The van der Waals surface area contributed by atoms with Crippen LogP contribution < -0.4 is 5.32 Å². The minimum Gasteiger partial charge on any atom is -0.301 e. The zero-order chi connectivity index (χ0) is 20.8. The number of benzene rings is 2. The summed E-state index contributed by atoms with van der Waals surface area (Å²) in [6, 6.07) is 21.1. The van der Waals surface area contributed by atoms with Crippen LogP contribution in [0.25, 0.3) is 0 Å². The summed E-state index contributed by atoms with van der Waals surface area (Å²) in [5.41, 5.74) is 2.59. The van der Waals surface area contributed by atoms with E-state index in [4.69, 9.17) is 4.99 Å². The van der Waals surface area contributed by atoms with E-state index >= 15 is 0 Å². The Hall–Kier alpha value is -2.99. The molecule has 0 bridgehead atoms. The molecule has 0 radical (unpaired) electrons. The Morgan fingerprint density at radius 1 is 1.07 bits per heavy atom. The summed E-state index contributed by atoms with van der Waals surface area (Å²) in [6.07, 6.45) is 3.74. The van der Waals surface area contributed by atoms with Gasteiger partial charge in [-0.15, -0.1) is 0 Å². The van der Waals surface area contributed by atoms with Crippen molar-refractivity contribution in [2.45, 2.75) is 31.8 Å². The van der Waals surface area contributed by atoms with Crippen molar-refractivity contribution in [2.24, 2.45) is 9.98 Å². The van der Waals surface area contributed by atoms with Gasteiger partial charge in [0.15, 0.2) is 0 Å². The fourth-order valence-corrected chi connectivity index (χ4v) is 4.30. The van der Waals surface area contributed by atoms with Crippen molar-refractivity contribution in [3.05, 3.63) is 71.8 Å². The molecule has 2 aliphatic heterocycles. The molecule has 2 aliphatic rings. The van der Waals surface area contributed by atoms with Gasteiger partial charge in [0.1, 0.15) is 5.84 Å². The first-order valence-corrected chi connectivity index (χ1v) is 10.7. The van der Waals surface area contributed by atoms with Gasteiger partial charge in [0.05, 0.1) is 19.4 Å². The second-order valence-electron chi connectivity index (χ2n) is 7.72. The first kappa shape index (κ1) is 20.3. The molecule has 1 saturated heterocycles. The average molecular weight is 404 g/mol. The molecule has 2 amide bonds. The topological polar surface area (TPSA) is 60.3 Å². The first-order valence-electron chi connectivity index (χ1n) is 10.7. The lowest BCUT2D eigenvalue weighted by molar-refractivity contribution is 0.100. The summed E-state index contributed by atoms with van der Waals surface area (Å²) in [5.74, 6) is 1.05. The molecule has 1 fully saturated rings. The van der Waals surface area contributed by atoms with Gasteiger partial charge < -0.3 is 4.90 Å². The van der Waals surface area contributed by atoms with Crippen molar-refractivity contribution in [1.82, 2.24) is 15.1 Å². The van der Waals surface area contributed by atoms with Crippen LogP contribution in [-0.4, -0.2) is 60.3 Å². The molecule has 2 aromatic rings. The predicted molar refractivity (Wildman–Crippen MR) is 121 cm³/mol. The predicted octanol–water partition coefficient (Wildman–Crippen LogP) is 3.71. The van der Waals surface area contributed by atoms with Gasteiger partial charge in [0.2, 0.25) is 0 Å². The lowest BCUT2D eigenvalue weighted by Gasteiger charge is -2.32. The van der Waals surface area contributed by atoms with Crippen LogP contribution in [0.5, 0.6) is 0 Å². The second kappa shape index (κ2) is 9.67. The molecule has 0 aliphatic carbocycles. The van der Waals surface area contributed by atoms with Crippen molar-refractivity contribution in [2.75, 3.05) is 26.3 Å². The first-order chi connectivity index (χ1) is 14.8. The van der Waals surface area contributed by atoms with E-state index in [-0.39, 0.29) is 18.1 Å². The van der Waals surface area contributed by atoms with Gasteiger partial charge in [-0.3, -0.25) is 20.2 Å². The lowest BCUT2D eigenvalue weighted by atomic mass is 9.89. The standard InChI is InChI=1S/C24H29N5O/c1-2-23(28-16-15-25-18-28)29-17-22(27-24(29)30)26-14-13-21(19-9-5-3-6-10-19)20-11-7-4-8-12-20/h3-12,15,21,23H,2,13-14,16-18H2,1H3,(H,26,27,30). The summed E-state index contributed by atoms with van der Waals surface area (Å²) in [6.45, 7) is 4.77. The highest BCUT2D eigenvalue weighted by molar-refractivity contribution is 6.05. The van der Waals surface area contributed by atoms with Crippen molar-refractivity contribution in [1.29, 1.82) is 0 Å². The molecule has 30 heavy (non-hydrogen) atoms. The van der Waals surface area contributed by atoms with Crippen LogP contribution in [0.2, 0.25) is 0 Å². The summed E-state index contributed by atoms with van der Waals surface area (Å²) in [7, 11) is 0. The van der Waals surface area contributed by atoms with Crippen molar-refractivity contribution < 1.29 is 4.79 Å². The van der Waals surface area contributed by atoms with E-state index in [1.165, 1.54) is 11.1 Å². The average Bonchev–Trinajstić information content (AvgIpc) is 3.44. The van der Waals surface area contributed by atoms with Crippen LogP contribution in [0, 0.1) is 0 Å². The second-order valence-corrected chi connectivity index (χ2v) is 7.72. The largest absolute Gasteiger partial charge is 0.324 e. The van der Waals surface area contributed by atoms with Crippen LogP contribution in [0.1, 0.15) is 36.8 Å². The van der Waals surface area contributed by atoms with Gasteiger partial charge in [0, 0.05) is 25.2 Å². The van der Waals surface area contributed by atoms with Crippen LogP contribution in [0.4, 0.5) is 4.79 Å². The number of carbonyl (C=O) groups excluding carboxylic acids is 1. The Morgan fingerprint density at radius 3 is 2.30 bits per heavy atom. The summed E-state index contributed by atoms with van der Waals surface area (Å²) in [5, 5.41) is 2.97. The van der Waals surface area contributed by atoms with Crippen molar-refractivity contribution in [3.8, 4) is 0 Å². The number of urea groups is 1. The van der Waals surface area contributed by atoms with Gasteiger partial charge in [-0.05, 0) is 24.0 Å². The summed E-state index contributed by atoms with van der Waals surface area (Å²) >= 11 is 0. The number of carbonyl (C=O) groups is 1. The van der Waals surface area contributed by atoms with E-state index in [2.05, 4.69) is 70.7 Å². The quantitative estimate of drug-likeness (QED) is 0.730. The normalized spacial score (nSPS) is 19.1. The number of nitrogens with one attached hydrogen (secondary N) is 1. The van der Waals surface area contributed by atoms with Gasteiger partial charge >= 0.3 is 6.03 Å². The highest BCUT2D eigenvalue weighted by Crippen LogP contribution is 2.28. The van der Waals surface area contributed by atoms with E-state index < -0.39 is 0 Å². The Kier molecular flexibility index (Phi) is 6.54. The molecule has 1 atom stereocenters. The highest BCUT2D eigenvalue weighted by atomic mass is 16.2. The monoisotopic (exact) mass is 403 g/mol. The SMILES string of the molecule is CCC(N1CC=NC1)N1CC(=NCCC(c2ccccc2)c2ccccc2)NC1=O. The fraction of sp³-hybridized carbons (Fsp3) is 0.375. The maximum Gasteiger partial charge on any atom is 0.324 e. The number of amides is 2. The fourth-order valence-electron chi connectivity index (χ4n) is 4.30. The van der Waals surface area contributed by atoms with Crippen LogP contribution in [-0.2, 0) is 0 Å². The molecule has 0 aromatic heterocycles. The maximum absolute atomic E-state index is 12.5. The van der Waals surface area contributed by atoms with Gasteiger partial charge in [-0.25, -0.2) is 4.79 Å². The number of aliphatic imine (C=N–C) groups is 2. The molecule has 1 unspecified atom stereocenters. The van der Waals surface area contributed by atoms with Crippen LogP contribution >= 0.6 is 0 Å². The Balaban J connectivity index is 1.42. The van der Waals surface area contributed by atoms with E-state index in [0.717, 1.165) is 25.2 Å². The zero-order valence-electron chi connectivity index (χ0n) is 17.4. The van der Waals surface area contributed by atoms with E-state index in [0.29, 0.717) is 19.8 Å². The van der Waals surface area contributed by atoms with Crippen LogP contribution in [0.15, 0.2) is 70.6 Å². The van der Waals surface area contributed by atoms with Crippen LogP contribution in [0.3, 0.4) is 0 Å². The Bertz CT molecular complexity index is 849. The third kappa shape index (κ3) is 4.60. The Morgan fingerprint density at radius 2 is 1.73 bits per heavy atom. The van der Waals surface area contributed by atoms with E-state index in [1.54, 1.807) is 0 Å². The molecule has 0 saturated carbocycles.